The highest BCUT2D eigenvalue weighted by Gasteiger charge is 2.09. The molecule has 2 rings (SSSR count). The van der Waals surface area contributed by atoms with Crippen LogP contribution in [0.1, 0.15) is 37.3 Å². The molecule has 0 aromatic heterocycles. The van der Waals surface area contributed by atoms with Crippen molar-refractivity contribution in [2.45, 2.75) is 32.6 Å². The van der Waals surface area contributed by atoms with Gasteiger partial charge in [-0.05, 0) is 47.7 Å². The van der Waals surface area contributed by atoms with Crippen LogP contribution in [0.2, 0.25) is 0 Å². The van der Waals surface area contributed by atoms with E-state index in [1.54, 1.807) is 14.2 Å². The Bertz CT molecular complexity index is 801. The van der Waals surface area contributed by atoms with Gasteiger partial charge in [0.1, 0.15) is 0 Å². The molecule has 150 valence electrons. The molecule has 0 aliphatic heterocycles. The number of nitrogens with one attached hydrogen (secondary N) is 2. The van der Waals surface area contributed by atoms with Crippen molar-refractivity contribution in [2.24, 2.45) is 0 Å². The molecule has 0 fully saturated rings. The molecule has 0 saturated heterocycles. The number of rotatable bonds is 9. The van der Waals surface area contributed by atoms with Crippen LogP contribution < -0.4 is 20.1 Å². The molecular formula is C22H28N2O4. The summed E-state index contributed by atoms with van der Waals surface area (Å²) in [4.78, 5) is 24.0. The minimum atomic E-state index is -0.253. The molecular weight excluding hydrogens is 356 g/mol. The van der Waals surface area contributed by atoms with Crippen molar-refractivity contribution >= 4 is 17.5 Å². The predicted molar refractivity (Wildman–Crippen MR) is 110 cm³/mol. The largest absolute Gasteiger partial charge is 0.493 e. The van der Waals surface area contributed by atoms with E-state index in [0.29, 0.717) is 29.5 Å². The lowest BCUT2D eigenvalue weighted by Gasteiger charge is -2.10. The van der Waals surface area contributed by atoms with Gasteiger partial charge in [-0.15, -0.1) is 0 Å². The first-order valence-electron chi connectivity index (χ1n) is 9.30. The highest BCUT2D eigenvalue weighted by Crippen LogP contribution is 2.27. The highest BCUT2D eigenvalue weighted by molar-refractivity contribution is 5.94. The zero-order chi connectivity index (χ0) is 20.5. The van der Waals surface area contributed by atoms with Crippen molar-refractivity contribution in [3.8, 4) is 11.5 Å². The SMILES string of the molecule is COc1ccc(CCC(=O)NCC(=O)Nc2ccc(C(C)C)cc2)cc1OC. The van der Waals surface area contributed by atoms with E-state index in [9.17, 15) is 9.59 Å². The molecule has 6 nitrogen and oxygen atoms in total. The maximum Gasteiger partial charge on any atom is 0.243 e. The number of anilines is 1. The number of aryl methyl sites for hydroxylation is 1. The maximum absolute atomic E-state index is 12.0. The molecule has 2 aromatic rings. The summed E-state index contributed by atoms with van der Waals surface area (Å²) in [6, 6.07) is 13.3. The number of carbonyl (C=O) groups is 2. The number of methoxy groups -OCH3 is 2. The third kappa shape index (κ3) is 6.30. The lowest BCUT2D eigenvalue weighted by molar-refractivity contribution is -0.124. The molecule has 0 spiro atoms. The van der Waals surface area contributed by atoms with Gasteiger partial charge in [-0.3, -0.25) is 9.59 Å². The Morgan fingerprint density at radius 2 is 1.61 bits per heavy atom. The summed E-state index contributed by atoms with van der Waals surface area (Å²) in [5, 5.41) is 5.43. The minimum Gasteiger partial charge on any atom is -0.493 e. The van der Waals surface area contributed by atoms with Gasteiger partial charge in [0.05, 0.1) is 20.8 Å². The van der Waals surface area contributed by atoms with Gasteiger partial charge in [-0.1, -0.05) is 32.0 Å². The van der Waals surface area contributed by atoms with E-state index in [-0.39, 0.29) is 24.8 Å². The van der Waals surface area contributed by atoms with Crippen LogP contribution in [-0.4, -0.2) is 32.6 Å². The van der Waals surface area contributed by atoms with Crippen LogP contribution in [0.4, 0.5) is 5.69 Å². The van der Waals surface area contributed by atoms with Gasteiger partial charge in [-0.2, -0.15) is 0 Å². The molecule has 0 aliphatic rings. The smallest absolute Gasteiger partial charge is 0.243 e. The number of hydrogen-bond donors (Lipinski definition) is 2. The quantitative estimate of drug-likeness (QED) is 0.694. The molecule has 6 heteroatoms. The monoisotopic (exact) mass is 384 g/mol. The molecule has 0 unspecified atom stereocenters. The van der Waals surface area contributed by atoms with Crippen molar-refractivity contribution in [1.29, 1.82) is 0 Å². The molecule has 2 amide bonds. The van der Waals surface area contributed by atoms with Crippen molar-refractivity contribution < 1.29 is 19.1 Å². The average Bonchev–Trinajstić information content (AvgIpc) is 2.70. The first kappa shape index (κ1) is 21.3. The number of benzene rings is 2. The maximum atomic E-state index is 12.0. The number of amides is 2. The molecule has 0 heterocycles. The second kappa shape index (κ2) is 10.3. The Hall–Kier alpha value is -3.02. The topological polar surface area (TPSA) is 76.7 Å². The van der Waals surface area contributed by atoms with Crippen LogP contribution in [0, 0.1) is 0 Å². The van der Waals surface area contributed by atoms with E-state index in [2.05, 4.69) is 24.5 Å². The molecule has 2 aromatic carbocycles. The normalized spacial score (nSPS) is 10.5. The van der Waals surface area contributed by atoms with Crippen molar-refractivity contribution in [2.75, 3.05) is 26.1 Å². The first-order chi connectivity index (χ1) is 13.4. The molecule has 2 N–H and O–H groups in total. The summed E-state index contributed by atoms with van der Waals surface area (Å²) in [6.07, 6.45) is 0.830. The van der Waals surface area contributed by atoms with Gasteiger partial charge in [-0.25, -0.2) is 0 Å². The number of hydrogen-bond acceptors (Lipinski definition) is 4. The summed E-state index contributed by atoms with van der Waals surface area (Å²) in [5.74, 6) is 1.28. The summed E-state index contributed by atoms with van der Waals surface area (Å²) in [6.45, 7) is 4.17. The van der Waals surface area contributed by atoms with Crippen LogP contribution in [0.15, 0.2) is 42.5 Å². The molecule has 0 aliphatic carbocycles. The summed E-state index contributed by atoms with van der Waals surface area (Å²) in [5.41, 5.74) is 2.89. The minimum absolute atomic E-state index is 0.0588. The number of ether oxygens (including phenoxy) is 2. The molecule has 0 atom stereocenters. The van der Waals surface area contributed by atoms with E-state index < -0.39 is 0 Å². The predicted octanol–water partition coefficient (Wildman–Crippen LogP) is 3.51. The fraction of sp³-hybridized carbons (Fsp3) is 0.364. The zero-order valence-electron chi connectivity index (χ0n) is 16.9. The van der Waals surface area contributed by atoms with Crippen molar-refractivity contribution in [1.82, 2.24) is 5.32 Å². The van der Waals surface area contributed by atoms with Gasteiger partial charge in [0.15, 0.2) is 11.5 Å². The van der Waals surface area contributed by atoms with Gasteiger partial charge < -0.3 is 20.1 Å². The first-order valence-corrected chi connectivity index (χ1v) is 9.30. The Morgan fingerprint density at radius 1 is 0.929 bits per heavy atom. The Kier molecular flexibility index (Phi) is 7.87. The van der Waals surface area contributed by atoms with Gasteiger partial charge in [0, 0.05) is 12.1 Å². The van der Waals surface area contributed by atoms with Gasteiger partial charge in [0.25, 0.3) is 0 Å². The summed E-state index contributed by atoms with van der Waals surface area (Å²) in [7, 11) is 3.15. The van der Waals surface area contributed by atoms with Crippen LogP contribution in [0.3, 0.4) is 0 Å². The zero-order valence-corrected chi connectivity index (χ0v) is 16.9. The standard InChI is InChI=1S/C22H28N2O4/c1-15(2)17-7-9-18(10-8-17)24-22(26)14-23-21(25)12-6-16-5-11-19(27-3)20(13-16)28-4/h5,7-11,13,15H,6,12,14H2,1-4H3,(H,23,25)(H,24,26). The van der Waals surface area contributed by atoms with Gasteiger partial charge >= 0.3 is 0 Å². The second-order valence-corrected chi connectivity index (χ2v) is 6.79. The third-order valence-corrected chi connectivity index (χ3v) is 4.40. The molecule has 0 radical (unpaired) electrons. The summed E-state index contributed by atoms with van der Waals surface area (Å²) >= 11 is 0. The lowest BCUT2D eigenvalue weighted by atomic mass is 10.0. The van der Waals surface area contributed by atoms with E-state index in [4.69, 9.17) is 9.47 Å². The Labute approximate surface area is 166 Å². The highest BCUT2D eigenvalue weighted by atomic mass is 16.5. The van der Waals surface area contributed by atoms with Crippen LogP contribution in [0.5, 0.6) is 11.5 Å². The fourth-order valence-corrected chi connectivity index (χ4v) is 2.72. The van der Waals surface area contributed by atoms with Crippen LogP contribution in [0.25, 0.3) is 0 Å². The van der Waals surface area contributed by atoms with Crippen LogP contribution >= 0.6 is 0 Å². The fourth-order valence-electron chi connectivity index (χ4n) is 2.72. The van der Waals surface area contributed by atoms with Crippen molar-refractivity contribution in [3.63, 3.8) is 0 Å². The van der Waals surface area contributed by atoms with E-state index in [0.717, 1.165) is 5.56 Å². The average molecular weight is 384 g/mol. The van der Waals surface area contributed by atoms with Crippen LogP contribution in [-0.2, 0) is 16.0 Å². The molecule has 28 heavy (non-hydrogen) atoms. The summed E-state index contributed by atoms with van der Waals surface area (Å²) < 4.78 is 10.5. The molecule has 0 bridgehead atoms. The Morgan fingerprint density at radius 3 is 2.21 bits per heavy atom. The van der Waals surface area contributed by atoms with Crippen molar-refractivity contribution in [3.05, 3.63) is 53.6 Å². The Balaban J connectivity index is 1.76. The number of carbonyl (C=O) groups excluding carboxylic acids is 2. The van der Waals surface area contributed by atoms with Gasteiger partial charge in [0.2, 0.25) is 11.8 Å². The van der Waals surface area contributed by atoms with E-state index in [1.165, 1.54) is 5.56 Å². The second-order valence-electron chi connectivity index (χ2n) is 6.79. The van der Waals surface area contributed by atoms with E-state index >= 15 is 0 Å². The lowest BCUT2D eigenvalue weighted by Crippen LogP contribution is -2.32. The van der Waals surface area contributed by atoms with E-state index in [1.807, 2.05) is 42.5 Å². The third-order valence-electron chi connectivity index (χ3n) is 4.40. The molecule has 0 saturated carbocycles.